The minimum absolute atomic E-state index is 0.0676. The van der Waals surface area contributed by atoms with Gasteiger partial charge in [0.2, 0.25) is 5.91 Å². The molecule has 1 fully saturated rings. The van der Waals surface area contributed by atoms with Crippen LogP contribution in [0.5, 0.6) is 5.75 Å². The highest BCUT2D eigenvalue weighted by atomic mass is 16.5. The first-order valence-electron chi connectivity index (χ1n) is 7.50. The van der Waals surface area contributed by atoms with Crippen molar-refractivity contribution in [2.75, 3.05) is 26.8 Å². The first kappa shape index (κ1) is 15.8. The van der Waals surface area contributed by atoms with Crippen LogP contribution >= 0.6 is 0 Å². The van der Waals surface area contributed by atoms with Crippen LogP contribution in [0.15, 0.2) is 24.3 Å². The van der Waals surface area contributed by atoms with E-state index in [9.17, 15) is 4.79 Å². The summed E-state index contributed by atoms with van der Waals surface area (Å²) in [6.07, 6.45) is 2.82. The molecule has 1 aliphatic rings. The minimum Gasteiger partial charge on any atom is -0.496 e. The number of carbonyl (C=O) groups is 1. The highest BCUT2D eigenvalue weighted by Gasteiger charge is 2.15. The summed E-state index contributed by atoms with van der Waals surface area (Å²) < 4.78 is 10.8. The van der Waals surface area contributed by atoms with Crippen molar-refractivity contribution >= 4 is 5.91 Å². The SMILES string of the molecule is COc1ccccc1CNCCC(=O)NCC1CCCO1. The monoisotopic (exact) mass is 292 g/mol. The maximum absolute atomic E-state index is 11.7. The van der Waals surface area contributed by atoms with Crippen molar-refractivity contribution in [2.24, 2.45) is 0 Å². The lowest BCUT2D eigenvalue weighted by Crippen LogP contribution is -2.33. The van der Waals surface area contributed by atoms with Crippen LogP contribution in [0.4, 0.5) is 0 Å². The summed E-state index contributed by atoms with van der Waals surface area (Å²) in [4.78, 5) is 11.7. The predicted molar refractivity (Wildman–Crippen MR) is 81.3 cm³/mol. The third kappa shape index (κ3) is 5.36. The molecule has 1 aromatic carbocycles. The lowest BCUT2D eigenvalue weighted by atomic mass is 10.2. The fourth-order valence-electron chi connectivity index (χ4n) is 2.40. The second-order valence-electron chi connectivity index (χ2n) is 5.18. The molecule has 5 heteroatoms. The van der Waals surface area contributed by atoms with E-state index in [-0.39, 0.29) is 12.0 Å². The van der Waals surface area contributed by atoms with E-state index in [0.29, 0.717) is 26.1 Å². The van der Waals surface area contributed by atoms with E-state index in [4.69, 9.17) is 9.47 Å². The summed E-state index contributed by atoms with van der Waals surface area (Å²) in [5.74, 6) is 0.936. The molecule has 0 bridgehead atoms. The van der Waals surface area contributed by atoms with E-state index in [0.717, 1.165) is 30.8 Å². The normalized spacial score (nSPS) is 17.7. The molecule has 2 N–H and O–H groups in total. The Balaban J connectivity index is 1.59. The molecule has 1 amide bonds. The van der Waals surface area contributed by atoms with E-state index in [1.807, 2.05) is 24.3 Å². The number of hydrogen-bond acceptors (Lipinski definition) is 4. The van der Waals surface area contributed by atoms with Crippen LogP contribution in [0.25, 0.3) is 0 Å². The first-order valence-corrected chi connectivity index (χ1v) is 7.50. The van der Waals surface area contributed by atoms with Gasteiger partial charge in [0.1, 0.15) is 5.75 Å². The zero-order valence-electron chi connectivity index (χ0n) is 12.6. The number of nitrogens with one attached hydrogen (secondary N) is 2. The largest absolute Gasteiger partial charge is 0.496 e. The molecule has 1 heterocycles. The van der Waals surface area contributed by atoms with E-state index in [1.165, 1.54) is 0 Å². The maximum Gasteiger partial charge on any atom is 0.221 e. The van der Waals surface area contributed by atoms with Crippen LogP contribution in [-0.2, 0) is 16.1 Å². The van der Waals surface area contributed by atoms with Crippen LogP contribution in [0.2, 0.25) is 0 Å². The third-order valence-corrected chi connectivity index (χ3v) is 3.59. The van der Waals surface area contributed by atoms with Crippen molar-refractivity contribution < 1.29 is 14.3 Å². The molecular weight excluding hydrogens is 268 g/mol. The highest BCUT2D eigenvalue weighted by molar-refractivity contribution is 5.76. The van der Waals surface area contributed by atoms with Crippen molar-refractivity contribution in [3.8, 4) is 5.75 Å². The number of hydrogen-bond donors (Lipinski definition) is 2. The van der Waals surface area contributed by atoms with Gasteiger partial charge < -0.3 is 20.1 Å². The van der Waals surface area contributed by atoms with E-state index in [1.54, 1.807) is 7.11 Å². The van der Waals surface area contributed by atoms with Gasteiger partial charge in [0.15, 0.2) is 0 Å². The summed E-state index contributed by atoms with van der Waals surface area (Å²) in [7, 11) is 1.66. The molecule has 0 aromatic heterocycles. The van der Waals surface area contributed by atoms with Crippen LogP contribution in [0, 0.1) is 0 Å². The van der Waals surface area contributed by atoms with Gasteiger partial charge in [-0.15, -0.1) is 0 Å². The smallest absolute Gasteiger partial charge is 0.221 e. The highest BCUT2D eigenvalue weighted by Crippen LogP contribution is 2.16. The fraction of sp³-hybridized carbons (Fsp3) is 0.562. The maximum atomic E-state index is 11.7. The van der Waals surface area contributed by atoms with Crippen molar-refractivity contribution in [2.45, 2.75) is 31.9 Å². The Labute approximate surface area is 126 Å². The van der Waals surface area contributed by atoms with Gasteiger partial charge in [-0.1, -0.05) is 18.2 Å². The van der Waals surface area contributed by atoms with E-state index in [2.05, 4.69) is 10.6 Å². The number of ether oxygens (including phenoxy) is 2. The summed E-state index contributed by atoms with van der Waals surface area (Å²) in [5.41, 5.74) is 1.10. The Hall–Kier alpha value is -1.59. The van der Waals surface area contributed by atoms with Gasteiger partial charge >= 0.3 is 0 Å². The number of para-hydroxylation sites is 1. The van der Waals surface area contributed by atoms with Gasteiger partial charge in [0.25, 0.3) is 0 Å². The average Bonchev–Trinajstić information content (AvgIpc) is 3.03. The van der Waals surface area contributed by atoms with Crippen LogP contribution in [0.3, 0.4) is 0 Å². The van der Waals surface area contributed by atoms with E-state index >= 15 is 0 Å². The lowest BCUT2D eigenvalue weighted by Gasteiger charge is -2.11. The second-order valence-corrected chi connectivity index (χ2v) is 5.18. The predicted octanol–water partition coefficient (Wildman–Crippen LogP) is 1.47. The molecule has 21 heavy (non-hydrogen) atoms. The molecule has 116 valence electrons. The number of methoxy groups -OCH3 is 1. The molecule has 1 unspecified atom stereocenters. The second kappa shape index (κ2) is 8.64. The quantitative estimate of drug-likeness (QED) is 0.712. The Morgan fingerprint density at radius 2 is 2.29 bits per heavy atom. The van der Waals surface area contributed by atoms with Crippen LogP contribution in [-0.4, -0.2) is 38.8 Å². The molecule has 0 aliphatic carbocycles. The number of rotatable bonds is 8. The molecule has 0 radical (unpaired) electrons. The van der Waals surface area contributed by atoms with Crippen molar-refractivity contribution in [3.05, 3.63) is 29.8 Å². The van der Waals surface area contributed by atoms with Crippen LogP contribution in [0.1, 0.15) is 24.8 Å². The molecule has 0 spiro atoms. The van der Waals surface area contributed by atoms with Gasteiger partial charge in [0, 0.05) is 38.2 Å². The Kier molecular flexibility index (Phi) is 6.50. The van der Waals surface area contributed by atoms with Crippen molar-refractivity contribution in [3.63, 3.8) is 0 Å². The van der Waals surface area contributed by atoms with Gasteiger partial charge in [0.05, 0.1) is 13.2 Å². The van der Waals surface area contributed by atoms with Gasteiger partial charge in [-0.2, -0.15) is 0 Å². The number of carbonyl (C=O) groups excluding carboxylic acids is 1. The lowest BCUT2D eigenvalue weighted by molar-refractivity contribution is -0.121. The zero-order valence-corrected chi connectivity index (χ0v) is 12.6. The van der Waals surface area contributed by atoms with Gasteiger partial charge in [-0.3, -0.25) is 4.79 Å². The summed E-state index contributed by atoms with van der Waals surface area (Å²) in [6, 6.07) is 7.88. The molecule has 1 aromatic rings. The summed E-state index contributed by atoms with van der Waals surface area (Å²) >= 11 is 0. The molecule has 1 atom stereocenters. The number of benzene rings is 1. The van der Waals surface area contributed by atoms with Crippen molar-refractivity contribution in [1.82, 2.24) is 10.6 Å². The number of amides is 1. The Morgan fingerprint density at radius 3 is 3.05 bits per heavy atom. The Bertz CT molecular complexity index is 445. The first-order chi connectivity index (χ1) is 10.3. The average molecular weight is 292 g/mol. The van der Waals surface area contributed by atoms with E-state index < -0.39 is 0 Å². The molecular formula is C16H24N2O3. The molecule has 5 nitrogen and oxygen atoms in total. The fourth-order valence-corrected chi connectivity index (χ4v) is 2.40. The molecule has 0 saturated carbocycles. The van der Waals surface area contributed by atoms with Gasteiger partial charge in [-0.05, 0) is 18.9 Å². The van der Waals surface area contributed by atoms with Crippen molar-refractivity contribution in [1.29, 1.82) is 0 Å². The molecule has 1 aliphatic heterocycles. The summed E-state index contributed by atoms with van der Waals surface area (Å²) in [5, 5.41) is 6.18. The standard InChI is InChI=1S/C16H24N2O3/c1-20-15-7-3-2-5-13(15)11-17-9-8-16(19)18-12-14-6-4-10-21-14/h2-3,5,7,14,17H,4,6,8-12H2,1H3,(H,18,19). The van der Waals surface area contributed by atoms with Gasteiger partial charge in [-0.25, -0.2) is 0 Å². The molecule has 2 rings (SSSR count). The topological polar surface area (TPSA) is 59.6 Å². The minimum atomic E-state index is 0.0676. The summed E-state index contributed by atoms with van der Waals surface area (Å²) in [6.45, 7) is 2.80. The molecule has 1 saturated heterocycles. The zero-order chi connectivity index (χ0) is 14.9. The third-order valence-electron chi connectivity index (χ3n) is 3.59. The Morgan fingerprint density at radius 1 is 1.43 bits per heavy atom. The van der Waals surface area contributed by atoms with Crippen LogP contribution < -0.4 is 15.4 Å².